The number of nitrogen functional groups attached to an aromatic ring is 1. The van der Waals surface area contributed by atoms with Gasteiger partial charge < -0.3 is 15.8 Å². The van der Waals surface area contributed by atoms with Crippen molar-refractivity contribution in [1.82, 2.24) is 5.32 Å². The topological polar surface area (TPSA) is 64.4 Å². The largest absolute Gasteiger partial charge is 0.399 e. The van der Waals surface area contributed by atoms with Crippen molar-refractivity contribution in [1.29, 1.82) is 0 Å². The smallest absolute Gasteiger partial charge is 0.251 e. The van der Waals surface area contributed by atoms with Crippen molar-refractivity contribution < 1.29 is 13.9 Å². The van der Waals surface area contributed by atoms with Crippen LogP contribution in [0.15, 0.2) is 18.2 Å². The molecule has 0 aliphatic carbocycles. The fourth-order valence-electron chi connectivity index (χ4n) is 2.18. The van der Waals surface area contributed by atoms with E-state index in [0.717, 1.165) is 26.1 Å². The fraction of sp³-hybridized carbons (Fsp3) is 0.500. The van der Waals surface area contributed by atoms with E-state index in [9.17, 15) is 9.18 Å². The molecule has 4 nitrogen and oxygen atoms in total. The van der Waals surface area contributed by atoms with Gasteiger partial charge in [0.15, 0.2) is 0 Å². The molecule has 1 aliphatic rings. The summed E-state index contributed by atoms with van der Waals surface area (Å²) in [7, 11) is 0. The van der Waals surface area contributed by atoms with Gasteiger partial charge in [-0.05, 0) is 36.5 Å². The van der Waals surface area contributed by atoms with Crippen LogP contribution in [0.25, 0.3) is 0 Å². The first kappa shape index (κ1) is 13.8. The third kappa shape index (κ3) is 3.67. The number of halogens is 1. The van der Waals surface area contributed by atoms with Gasteiger partial charge in [0.25, 0.3) is 5.91 Å². The Kier molecular flexibility index (Phi) is 4.04. The molecule has 2 rings (SSSR count). The molecule has 0 radical (unpaired) electrons. The van der Waals surface area contributed by atoms with E-state index < -0.39 is 5.82 Å². The Hall–Kier alpha value is -1.62. The molecular formula is C14H19FN2O2. The van der Waals surface area contributed by atoms with Crippen molar-refractivity contribution in [3.63, 3.8) is 0 Å². The third-order valence-corrected chi connectivity index (χ3v) is 3.56. The number of benzene rings is 1. The molecule has 0 aromatic heterocycles. The van der Waals surface area contributed by atoms with Crippen molar-refractivity contribution in [2.75, 3.05) is 25.5 Å². The number of carbonyl (C=O) groups excluding carboxylic acids is 1. The maximum absolute atomic E-state index is 13.2. The van der Waals surface area contributed by atoms with E-state index in [-0.39, 0.29) is 22.6 Å². The minimum atomic E-state index is -0.498. The van der Waals surface area contributed by atoms with E-state index in [1.54, 1.807) is 0 Å². The van der Waals surface area contributed by atoms with Gasteiger partial charge in [0.1, 0.15) is 5.82 Å². The first-order valence-corrected chi connectivity index (χ1v) is 6.41. The van der Waals surface area contributed by atoms with E-state index in [1.807, 2.05) is 0 Å². The van der Waals surface area contributed by atoms with Gasteiger partial charge in [-0.3, -0.25) is 4.79 Å². The highest BCUT2D eigenvalue weighted by molar-refractivity contribution is 5.95. The highest BCUT2D eigenvalue weighted by Crippen LogP contribution is 2.28. The van der Waals surface area contributed by atoms with Gasteiger partial charge in [0.05, 0.1) is 0 Å². The molecule has 5 heteroatoms. The molecule has 1 fully saturated rings. The van der Waals surface area contributed by atoms with Crippen molar-refractivity contribution in [2.45, 2.75) is 19.8 Å². The van der Waals surface area contributed by atoms with Crippen LogP contribution < -0.4 is 11.1 Å². The molecular weight excluding hydrogens is 247 g/mol. The number of hydrogen-bond donors (Lipinski definition) is 2. The summed E-state index contributed by atoms with van der Waals surface area (Å²) in [5, 5.41) is 2.85. The number of rotatable bonds is 3. The molecule has 0 unspecified atom stereocenters. The molecule has 0 atom stereocenters. The van der Waals surface area contributed by atoms with Crippen LogP contribution in [0.5, 0.6) is 0 Å². The first-order chi connectivity index (χ1) is 8.98. The van der Waals surface area contributed by atoms with Crippen LogP contribution in [0.1, 0.15) is 30.1 Å². The van der Waals surface area contributed by atoms with E-state index >= 15 is 0 Å². The number of hydrogen-bond acceptors (Lipinski definition) is 3. The highest BCUT2D eigenvalue weighted by atomic mass is 19.1. The lowest BCUT2D eigenvalue weighted by Crippen LogP contribution is -2.39. The Morgan fingerprint density at radius 2 is 2.11 bits per heavy atom. The number of amides is 1. The zero-order chi connectivity index (χ0) is 13.9. The lowest BCUT2D eigenvalue weighted by molar-refractivity contribution is 0.0238. The number of anilines is 1. The normalized spacial score (nSPS) is 18.0. The number of carbonyl (C=O) groups is 1. The summed E-state index contributed by atoms with van der Waals surface area (Å²) < 4.78 is 18.5. The highest BCUT2D eigenvalue weighted by Gasteiger charge is 2.27. The molecule has 1 saturated heterocycles. The van der Waals surface area contributed by atoms with Crippen LogP contribution in [-0.2, 0) is 4.74 Å². The number of nitrogens with two attached hydrogens (primary N) is 1. The summed E-state index contributed by atoms with van der Waals surface area (Å²) in [4.78, 5) is 12.0. The molecule has 1 aromatic carbocycles. The van der Waals surface area contributed by atoms with Gasteiger partial charge in [-0.25, -0.2) is 4.39 Å². The zero-order valence-electron chi connectivity index (χ0n) is 11.0. The molecule has 19 heavy (non-hydrogen) atoms. The molecule has 0 bridgehead atoms. The van der Waals surface area contributed by atoms with Gasteiger partial charge in [-0.1, -0.05) is 6.92 Å². The van der Waals surface area contributed by atoms with Crippen LogP contribution in [0, 0.1) is 11.2 Å². The predicted molar refractivity (Wildman–Crippen MR) is 71.3 cm³/mol. The van der Waals surface area contributed by atoms with Crippen molar-refractivity contribution in [3.05, 3.63) is 29.6 Å². The quantitative estimate of drug-likeness (QED) is 0.822. The van der Waals surface area contributed by atoms with Crippen LogP contribution in [0.3, 0.4) is 0 Å². The molecule has 3 N–H and O–H groups in total. The maximum Gasteiger partial charge on any atom is 0.251 e. The minimum absolute atomic E-state index is 0.0484. The van der Waals surface area contributed by atoms with E-state index in [0.29, 0.717) is 6.54 Å². The monoisotopic (exact) mass is 266 g/mol. The second-order valence-corrected chi connectivity index (χ2v) is 5.38. The molecule has 1 heterocycles. The SMILES string of the molecule is CC1(CNC(=O)c2cc(N)cc(F)c2)CCOCC1. The summed E-state index contributed by atoms with van der Waals surface area (Å²) in [5.74, 6) is -0.790. The van der Waals surface area contributed by atoms with E-state index in [4.69, 9.17) is 10.5 Å². The van der Waals surface area contributed by atoms with Crippen LogP contribution in [0.4, 0.5) is 10.1 Å². The Bertz CT molecular complexity index is 450. The van der Waals surface area contributed by atoms with Crippen LogP contribution >= 0.6 is 0 Å². The van der Waals surface area contributed by atoms with Gasteiger partial charge >= 0.3 is 0 Å². The lowest BCUT2D eigenvalue weighted by Gasteiger charge is -2.33. The van der Waals surface area contributed by atoms with E-state index in [1.165, 1.54) is 18.2 Å². The van der Waals surface area contributed by atoms with Gasteiger partial charge in [-0.15, -0.1) is 0 Å². The Morgan fingerprint density at radius 3 is 2.74 bits per heavy atom. The maximum atomic E-state index is 13.2. The Morgan fingerprint density at radius 1 is 1.42 bits per heavy atom. The van der Waals surface area contributed by atoms with Crippen molar-refractivity contribution >= 4 is 11.6 Å². The average molecular weight is 266 g/mol. The molecule has 104 valence electrons. The average Bonchev–Trinajstić information content (AvgIpc) is 2.36. The van der Waals surface area contributed by atoms with Crippen molar-refractivity contribution in [2.24, 2.45) is 5.41 Å². The summed E-state index contributed by atoms with van der Waals surface area (Å²) in [6.07, 6.45) is 1.83. The number of nitrogens with one attached hydrogen (secondary N) is 1. The lowest BCUT2D eigenvalue weighted by atomic mass is 9.82. The number of ether oxygens (including phenoxy) is 1. The Labute approximate surface area is 112 Å². The van der Waals surface area contributed by atoms with Gasteiger partial charge in [0, 0.05) is 31.0 Å². The fourth-order valence-corrected chi connectivity index (χ4v) is 2.18. The minimum Gasteiger partial charge on any atom is -0.399 e. The second kappa shape index (κ2) is 5.57. The van der Waals surface area contributed by atoms with Crippen LogP contribution in [-0.4, -0.2) is 25.7 Å². The van der Waals surface area contributed by atoms with Crippen molar-refractivity contribution in [3.8, 4) is 0 Å². The summed E-state index contributed by atoms with van der Waals surface area (Å²) in [6.45, 7) is 4.12. The summed E-state index contributed by atoms with van der Waals surface area (Å²) in [5.41, 5.74) is 6.08. The summed E-state index contributed by atoms with van der Waals surface area (Å²) >= 11 is 0. The summed E-state index contributed by atoms with van der Waals surface area (Å²) in [6, 6.07) is 3.86. The molecule has 0 spiro atoms. The molecule has 1 amide bonds. The van der Waals surface area contributed by atoms with Crippen LogP contribution in [0.2, 0.25) is 0 Å². The second-order valence-electron chi connectivity index (χ2n) is 5.38. The van der Waals surface area contributed by atoms with E-state index in [2.05, 4.69) is 12.2 Å². The molecule has 1 aromatic rings. The van der Waals surface area contributed by atoms with Gasteiger partial charge in [0.2, 0.25) is 0 Å². The zero-order valence-corrected chi connectivity index (χ0v) is 11.0. The molecule has 1 aliphatic heterocycles. The standard InChI is InChI=1S/C14H19FN2O2/c1-14(2-4-19-5-3-14)9-17-13(18)10-6-11(15)8-12(16)7-10/h6-8H,2-5,9,16H2,1H3,(H,17,18). The Balaban J connectivity index is 1.97. The first-order valence-electron chi connectivity index (χ1n) is 6.41. The van der Waals surface area contributed by atoms with Gasteiger partial charge in [-0.2, -0.15) is 0 Å². The predicted octanol–water partition coefficient (Wildman–Crippen LogP) is 1.95. The molecule has 0 saturated carbocycles. The third-order valence-electron chi connectivity index (χ3n) is 3.56.